The lowest BCUT2D eigenvalue weighted by molar-refractivity contribution is -0.127. The molecule has 2 aliphatic rings. The van der Waals surface area contributed by atoms with Crippen LogP contribution in [-0.2, 0) is 4.79 Å². The van der Waals surface area contributed by atoms with Gasteiger partial charge in [0.1, 0.15) is 0 Å². The van der Waals surface area contributed by atoms with Crippen LogP contribution in [0.25, 0.3) is 0 Å². The normalized spacial score (nSPS) is 27.8. The molecule has 0 aromatic heterocycles. The minimum Gasteiger partial charge on any atom is -0.341 e. The lowest BCUT2D eigenvalue weighted by Gasteiger charge is -2.21. The first-order chi connectivity index (χ1) is 7.46. The summed E-state index contributed by atoms with van der Waals surface area (Å²) in [5.41, 5.74) is 0. The van der Waals surface area contributed by atoms with Crippen LogP contribution in [0, 0.1) is 11.8 Å². The Morgan fingerprint density at radius 3 is 2.29 bits per heavy atom. The number of likely N-dealkylation sites (tertiary alicyclic amines) is 1. The minimum absolute atomic E-state index is 0. The second-order valence-electron chi connectivity index (χ2n) is 5.88. The maximum atomic E-state index is 12.0. The van der Waals surface area contributed by atoms with Crippen molar-refractivity contribution in [3.8, 4) is 0 Å². The highest BCUT2D eigenvalue weighted by Crippen LogP contribution is 2.28. The second kappa shape index (κ2) is 5.81. The van der Waals surface area contributed by atoms with Crippen LogP contribution in [0.15, 0.2) is 0 Å². The number of carbonyl (C=O) groups is 1. The fourth-order valence-corrected chi connectivity index (χ4v) is 3.17. The molecule has 0 saturated carbocycles. The number of nitrogens with zero attached hydrogens (tertiary/aromatic N) is 1. The summed E-state index contributed by atoms with van der Waals surface area (Å²) in [4.78, 5) is 14.1. The topological polar surface area (TPSA) is 32.3 Å². The van der Waals surface area contributed by atoms with Gasteiger partial charge >= 0.3 is 0 Å². The number of thioether (sulfide) groups is 1. The van der Waals surface area contributed by atoms with Gasteiger partial charge in [-0.25, -0.2) is 0 Å². The number of fused-ring (bicyclic) bond motifs is 1. The molecule has 0 spiro atoms. The smallest absolute Gasteiger partial charge is 0.232 e. The third-order valence-corrected chi connectivity index (χ3v) is 4.63. The summed E-state index contributed by atoms with van der Waals surface area (Å²) in [6.07, 6.45) is 0. The van der Waals surface area contributed by atoms with Crippen molar-refractivity contribution < 1.29 is 4.79 Å². The molecule has 0 aromatic rings. The molecule has 0 aliphatic carbocycles. The zero-order valence-electron chi connectivity index (χ0n) is 10.9. The molecule has 3 nitrogen and oxygen atoms in total. The molecule has 0 radical (unpaired) electrons. The maximum absolute atomic E-state index is 12.0. The first-order valence-corrected chi connectivity index (χ1v) is 7.07. The molecule has 100 valence electrons. The monoisotopic (exact) mass is 278 g/mol. The SMILES string of the molecule is CC(C)(C)SCC(=O)N1C[C@H]2CNC[C@H]2C1.Cl. The van der Waals surface area contributed by atoms with Crippen molar-refractivity contribution in [2.75, 3.05) is 31.9 Å². The van der Waals surface area contributed by atoms with Crippen molar-refractivity contribution in [1.29, 1.82) is 0 Å². The second-order valence-corrected chi connectivity index (χ2v) is 7.68. The molecule has 2 atom stereocenters. The Balaban J connectivity index is 0.00000144. The summed E-state index contributed by atoms with van der Waals surface area (Å²) in [5.74, 6) is 2.39. The lowest BCUT2D eigenvalue weighted by Crippen LogP contribution is -2.33. The fraction of sp³-hybridized carbons (Fsp3) is 0.917. The first-order valence-electron chi connectivity index (χ1n) is 6.08. The van der Waals surface area contributed by atoms with Crippen LogP contribution < -0.4 is 5.32 Å². The molecule has 2 saturated heterocycles. The van der Waals surface area contributed by atoms with Crippen LogP contribution >= 0.6 is 24.2 Å². The highest BCUT2D eigenvalue weighted by Gasteiger charge is 2.37. The van der Waals surface area contributed by atoms with E-state index >= 15 is 0 Å². The number of amides is 1. The fourth-order valence-electron chi connectivity index (χ4n) is 2.43. The molecule has 2 rings (SSSR count). The standard InChI is InChI=1S/C12H22N2OS.ClH/c1-12(2,3)16-8-11(15)14-6-9-4-13-5-10(9)7-14;/h9-10,13H,4-8H2,1-3H3;1H/t9-,10+;. The predicted molar refractivity (Wildman–Crippen MR) is 75.9 cm³/mol. The average molecular weight is 279 g/mol. The van der Waals surface area contributed by atoms with Crippen LogP contribution in [0.5, 0.6) is 0 Å². The van der Waals surface area contributed by atoms with Crippen LogP contribution in [0.2, 0.25) is 0 Å². The molecule has 2 heterocycles. The van der Waals surface area contributed by atoms with Gasteiger partial charge in [0.2, 0.25) is 5.91 Å². The summed E-state index contributed by atoms with van der Waals surface area (Å²) in [6.45, 7) is 10.6. The molecule has 17 heavy (non-hydrogen) atoms. The van der Waals surface area contributed by atoms with Crippen LogP contribution in [0.1, 0.15) is 20.8 Å². The van der Waals surface area contributed by atoms with Crippen molar-refractivity contribution in [2.24, 2.45) is 11.8 Å². The molecule has 1 N–H and O–H groups in total. The van der Waals surface area contributed by atoms with Gasteiger partial charge in [0.25, 0.3) is 0 Å². The Hall–Kier alpha value is 0.0700. The molecule has 0 aromatic carbocycles. The van der Waals surface area contributed by atoms with Gasteiger partial charge in [0.05, 0.1) is 5.75 Å². The number of carbonyl (C=O) groups excluding carboxylic acids is 1. The van der Waals surface area contributed by atoms with Gasteiger partial charge in [-0.05, 0) is 11.8 Å². The highest BCUT2D eigenvalue weighted by atomic mass is 35.5. The van der Waals surface area contributed by atoms with E-state index in [4.69, 9.17) is 0 Å². The first kappa shape index (κ1) is 15.1. The van der Waals surface area contributed by atoms with E-state index < -0.39 is 0 Å². The van der Waals surface area contributed by atoms with Crippen molar-refractivity contribution in [2.45, 2.75) is 25.5 Å². The number of halogens is 1. The van der Waals surface area contributed by atoms with Crippen molar-refractivity contribution in [3.63, 3.8) is 0 Å². The van der Waals surface area contributed by atoms with Gasteiger partial charge in [-0.15, -0.1) is 24.2 Å². The van der Waals surface area contributed by atoms with E-state index in [1.165, 1.54) is 0 Å². The largest absolute Gasteiger partial charge is 0.341 e. The summed E-state index contributed by atoms with van der Waals surface area (Å²) >= 11 is 1.75. The van der Waals surface area contributed by atoms with E-state index in [-0.39, 0.29) is 17.2 Å². The summed E-state index contributed by atoms with van der Waals surface area (Å²) in [6, 6.07) is 0. The van der Waals surface area contributed by atoms with E-state index in [9.17, 15) is 4.79 Å². The Labute approximate surface area is 114 Å². The van der Waals surface area contributed by atoms with Crippen molar-refractivity contribution >= 4 is 30.1 Å². The van der Waals surface area contributed by atoms with Gasteiger partial charge in [0, 0.05) is 30.9 Å². The zero-order chi connectivity index (χ0) is 11.8. The number of hydrogen-bond acceptors (Lipinski definition) is 3. The number of rotatable bonds is 2. The van der Waals surface area contributed by atoms with E-state index in [0.29, 0.717) is 23.5 Å². The average Bonchev–Trinajstić information content (AvgIpc) is 2.71. The van der Waals surface area contributed by atoms with Crippen LogP contribution in [0.3, 0.4) is 0 Å². The minimum atomic E-state index is 0. The molecule has 5 heteroatoms. The maximum Gasteiger partial charge on any atom is 0.232 e. The Morgan fingerprint density at radius 2 is 1.82 bits per heavy atom. The van der Waals surface area contributed by atoms with Gasteiger partial charge in [-0.1, -0.05) is 20.8 Å². The van der Waals surface area contributed by atoms with E-state index in [1.54, 1.807) is 11.8 Å². The van der Waals surface area contributed by atoms with Gasteiger partial charge < -0.3 is 10.2 Å². The van der Waals surface area contributed by atoms with E-state index in [0.717, 1.165) is 26.2 Å². The molecule has 1 amide bonds. The Kier molecular flexibility index (Phi) is 5.17. The molecule has 2 aliphatic heterocycles. The third-order valence-electron chi connectivity index (χ3n) is 3.37. The Morgan fingerprint density at radius 1 is 1.29 bits per heavy atom. The summed E-state index contributed by atoms with van der Waals surface area (Å²) in [7, 11) is 0. The van der Waals surface area contributed by atoms with Crippen LogP contribution in [0.4, 0.5) is 0 Å². The molecular formula is C12H23ClN2OS. The van der Waals surface area contributed by atoms with Gasteiger partial charge in [-0.2, -0.15) is 0 Å². The zero-order valence-corrected chi connectivity index (χ0v) is 12.5. The van der Waals surface area contributed by atoms with Gasteiger partial charge in [-0.3, -0.25) is 4.79 Å². The quantitative estimate of drug-likeness (QED) is 0.833. The summed E-state index contributed by atoms with van der Waals surface area (Å²) in [5, 5.41) is 3.40. The summed E-state index contributed by atoms with van der Waals surface area (Å²) < 4.78 is 0.187. The highest BCUT2D eigenvalue weighted by molar-refractivity contribution is 8.01. The van der Waals surface area contributed by atoms with Crippen molar-refractivity contribution in [3.05, 3.63) is 0 Å². The van der Waals surface area contributed by atoms with Crippen LogP contribution in [-0.4, -0.2) is 47.5 Å². The number of nitrogens with one attached hydrogen (secondary N) is 1. The molecule has 0 unspecified atom stereocenters. The third kappa shape index (κ3) is 4.04. The van der Waals surface area contributed by atoms with Gasteiger partial charge in [0.15, 0.2) is 0 Å². The van der Waals surface area contributed by atoms with Crippen molar-refractivity contribution in [1.82, 2.24) is 10.2 Å². The number of hydrogen-bond donors (Lipinski definition) is 1. The molecule has 0 bridgehead atoms. The Bertz CT molecular complexity index is 268. The predicted octanol–water partition coefficient (Wildman–Crippen LogP) is 1.62. The molecule has 2 fully saturated rings. The lowest BCUT2D eigenvalue weighted by atomic mass is 10.0. The molecular weight excluding hydrogens is 256 g/mol. The van der Waals surface area contributed by atoms with E-state index in [1.807, 2.05) is 0 Å². The van der Waals surface area contributed by atoms with E-state index in [2.05, 4.69) is 31.0 Å².